The van der Waals surface area contributed by atoms with E-state index in [2.05, 4.69) is 47.7 Å². The van der Waals surface area contributed by atoms with Crippen LogP contribution in [0.1, 0.15) is 22.3 Å². The van der Waals surface area contributed by atoms with E-state index in [1.54, 1.807) is 19.0 Å². The van der Waals surface area contributed by atoms with Gasteiger partial charge in [0, 0.05) is 20.6 Å². The number of aliphatic imine (C=N–C) groups is 1. The third-order valence-corrected chi connectivity index (χ3v) is 4.11. The molecule has 0 fully saturated rings. The number of carbonyl (C=O) groups excluding carboxylic acids is 1. The Hall–Kier alpha value is -2.09. The van der Waals surface area contributed by atoms with Crippen LogP contribution in [0.25, 0.3) is 0 Å². The standard InChI is InChI=1S/C21H28N4O.HI/c1-16-10-11-19(17(2)12-16)14-23-21(24-15-20(26)25(3)4)22-13-18-8-6-5-7-9-18;/h5-12H,13-15H2,1-4H3,(H2,22,23,24);1H. The first kappa shape index (κ1) is 23.0. The van der Waals surface area contributed by atoms with Crippen molar-refractivity contribution in [1.82, 2.24) is 15.5 Å². The number of aryl methyl sites for hydroxylation is 2. The molecule has 0 aliphatic rings. The van der Waals surface area contributed by atoms with Crippen LogP contribution in [0.15, 0.2) is 53.5 Å². The zero-order valence-electron chi connectivity index (χ0n) is 16.5. The van der Waals surface area contributed by atoms with Gasteiger partial charge in [0.1, 0.15) is 0 Å². The summed E-state index contributed by atoms with van der Waals surface area (Å²) in [6.07, 6.45) is 0. The molecule has 0 spiro atoms. The summed E-state index contributed by atoms with van der Waals surface area (Å²) in [4.78, 5) is 18.0. The predicted molar refractivity (Wildman–Crippen MR) is 122 cm³/mol. The number of rotatable bonds is 6. The largest absolute Gasteiger partial charge is 0.352 e. The highest BCUT2D eigenvalue weighted by Gasteiger charge is 2.07. The van der Waals surface area contributed by atoms with Gasteiger partial charge < -0.3 is 15.5 Å². The lowest BCUT2D eigenvalue weighted by atomic mass is 10.1. The third-order valence-electron chi connectivity index (χ3n) is 4.11. The van der Waals surface area contributed by atoms with Gasteiger partial charge in [-0.1, -0.05) is 54.1 Å². The molecule has 146 valence electrons. The van der Waals surface area contributed by atoms with Gasteiger partial charge in [-0.2, -0.15) is 0 Å². The number of guanidine groups is 1. The van der Waals surface area contributed by atoms with Crippen LogP contribution in [-0.4, -0.2) is 37.4 Å². The first-order chi connectivity index (χ1) is 12.5. The molecule has 0 aliphatic heterocycles. The molecule has 0 saturated heterocycles. The molecule has 0 aliphatic carbocycles. The monoisotopic (exact) mass is 480 g/mol. The lowest BCUT2D eigenvalue weighted by Crippen LogP contribution is -2.42. The zero-order chi connectivity index (χ0) is 18.9. The Morgan fingerprint density at radius 2 is 1.74 bits per heavy atom. The number of amides is 1. The Labute approximate surface area is 179 Å². The van der Waals surface area contributed by atoms with Crippen molar-refractivity contribution in [2.75, 3.05) is 20.6 Å². The minimum atomic E-state index is 0. The van der Waals surface area contributed by atoms with Gasteiger partial charge >= 0.3 is 0 Å². The summed E-state index contributed by atoms with van der Waals surface area (Å²) in [5, 5.41) is 6.45. The van der Waals surface area contributed by atoms with Gasteiger partial charge in [-0.25, -0.2) is 4.99 Å². The van der Waals surface area contributed by atoms with Crippen LogP contribution in [0.5, 0.6) is 0 Å². The molecular weight excluding hydrogens is 451 g/mol. The van der Waals surface area contributed by atoms with Crippen molar-refractivity contribution in [1.29, 1.82) is 0 Å². The molecule has 0 bridgehead atoms. The van der Waals surface area contributed by atoms with Crippen molar-refractivity contribution >= 4 is 35.8 Å². The van der Waals surface area contributed by atoms with E-state index in [1.165, 1.54) is 16.7 Å². The van der Waals surface area contributed by atoms with Crippen molar-refractivity contribution in [2.45, 2.75) is 26.9 Å². The van der Waals surface area contributed by atoms with Crippen LogP contribution in [0.2, 0.25) is 0 Å². The van der Waals surface area contributed by atoms with Crippen LogP contribution >= 0.6 is 24.0 Å². The summed E-state index contributed by atoms with van der Waals surface area (Å²) in [7, 11) is 3.49. The Balaban J connectivity index is 0.00000364. The van der Waals surface area contributed by atoms with Gasteiger partial charge in [-0.05, 0) is 30.5 Å². The summed E-state index contributed by atoms with van der Waals surface area (Å²) in [5.74, 6) is 0.634. The van der Waals surface area contributed by atoms with Crippen LogP contribution in [0.4, 0.5) is 0 Å². The number of carbonyl (C=O) groups is 1. The summed E-state index contributed by atoms with van der Waals surface area (Å²) >= 11 is 0. The molecule has 2 aromatic rings. The molecule has 2 rings (SSSR count). The topological polar surface area (TPSA) is 56.7 Å². The highest BCUT2D eigenvalue weighted by molar-refractivity contribution is 14.0. The van der Waals surface area contributed by atoms with Gasteiger partial charge in [0.05, 0.1) is 13.1 Å². The lowest BCUT2D eigenvalue weighted by molar-refractivity contribution is -0.127. The molecule has 5 nitrogen and oxygen atoms in total. The highest BCUT2D eigenvalue weighted by atomic mass is 127. The average molecular weight is 480 g/mol. The average Bonchev–Trinajstić information content (AvgIpc) is 2.62. The van der Waals surface area contributed by atoms with E-state index < -0.39 is 0 Å². The van der Waals surface area contributed by atoms with E-state index in [1.807, 2.05) is 30.3 Å². The molecule has 27 heavy (non-hydrogen) atoms. The first-order valence-corrected chi connectivity index (χ1v) is 8.78. The van der Waals surface area contributed by atoms with E-state index in [4.69, 9.17) is 0 Å². The molecule has 0 heterocycles. The van der Waals surface area contributed by atoms with E-state index in [-0.39, 0.29) is 36.4 Å². The van der Waals surface area contributed by atoms with E-state index in [9.17, 15) is 4.79 Å². The maximum Gasteiger partial charge on any atom is 0.241 e. The fourth-order valence-electron chi connectivity index (χ4n) is 2.47. The zero-order valence-corrected chi connectivity index (χ0v) is 18.8. The number of hydrogen-bond donors (Lipinski definition) is 2. The molecule has 0 aromatic heterocycles. The van der Waals surface area contributed by atoms with Gasteiger partial charge in [-0.15, -0.1) is 24.0 Å². The molecule has 2 aromatic carbocycles. The summed E-state index contributed by atoms with van der Waals surface area (Å²) in [6, 6.07) is 16.5. The summed E-state index contributed by atoms with van der Waals surface area (Å²) < 4.78 is 0. The quantitative estimate of drug-likeness (QED) is 0.379. The maximum absolute atomic E-state index is 11.9. The second kappa shape index (κ2) is 11.6. The minimum Gasteiger partial charge on any atom is -0.352 e. The smallest absolute Gasteiger partial charge is 0.241 e. The minimum absolute atomic E-state index is 0. The number of halogens is 1. The highest BCUT2D eigenvalue weighted by Crippen LogP contribution is 2.10. The van der Waals surface area contributed by atoms with Crippen molar-refractivity contribution < 1.29 is 4.79 Å². The second-order valence-electron chi connectivity index (χ2n) is 6.58. The molecule has 2 N–H and O–H groups in total. The van der Waals surface area contributed by atoms with E-state index >= 15 is 0 Å². The Morgan fingerprint density at radius 1 is 1.04 bits per heavy atom. The number of nitrogens with zero attached hydrogens (tertiary/aromatic N) is 2. The molecule has 0 radical (unpaired) electrons. The molecule has 6 heteroatoms. The number of likely N-dealkylation sites (N-methyl/N-ethyl adjacent to an activating group) is 1. The fourth-order valence-corrected chi connectivity index (χ4v) is 2.47. The number of nitrogens with one attached hydrogen (secondary N) is 2. The van der Waals surface area contributed by atoms with Gasteiger partial charge in [0.25, 0.3) is 0 Å². The third kappa shape index (κ3) is 7.99. The SMILES string of the molecule is Cc1ccc(CNC(=NCc2ccccc2)NCC(=O)N(C)C)c(C)c1.I. The number of benzene rings is 2. The van der Waals surface area contributed by atoms with Crippen LogP contribution in [0, 0.1) is 13.8 Å². The maximum atomic E-state index is 11.9. The van der Waals surface area contributed by atoms with Crippen LogP contribution in [0.3, 0.4) is 0 Å². The van der Waals surface area contributed by atoms with Crippen LogP contribution < -0.4 is 10.6 Å². The fraction of sp³-hybridized carbons (Fsp3) is 0.333. The van der Waals surface area contributed by atoms with Crippen molar-refractivity contribution in [3.05, 3.63) is 70.8 Å². The van der Waals surface area contributed by atoms with Crippen molar-refractivity contribution in [2.24, 2.45) is 4.99 Å². The Bertz CT molecular complexity index is 760. The second-order valence-corrected chi connectivity index (χ2v) is 6.58. The normalized spacial score (nSPS) is 10.7. The Kier molecular flexibility index (Phi) is 9.85. The molecule has 0 atom stereocenters. The van der Waals surface area contributed by atoms with E-state index in [0.29, 0.717) is 19.0 Å². The van der Waals surface area contributed by atoms with Crippen molar-refractivity contribution in [3.63, 3.8) is 0 Å². The van der Waals surface area contributed by atoms with E-state index in [0.717, 1.165) is 5.56 Å². The van der Waals surface area contributed by atoms with Gasteiger partial charge in [0.15, 0.2) is 5.96 Å². The summed E-state index contributed by atoms with van der Waals surface area (Å²) in [6.45, 7) is 5.61. The number of hydrogen-bond acceptors (Lipinski definition) is 2. The Morgan fingerprint density at radius 3 is 2.37 bits per heavy atom. The van der Waals surface area contributed by atoms with Crippen molar-refractivity contribution in [3.8, 4) is 0 Å². The molecule has 1 amide bonds. The van der Waals surface area contributed by atoms with Gasteiger partial charge in [-0.3, -0.25) is 4.79 Å². The lowest BCUT2D eigenvalue weighted by Gasteiger charge is -2.16. The predicted octanol–water partition coefficient (Wildman–Crippen LogP) is 3.25. The van der Waals surface area contributed by atoms with Gasteiger partial charge in [0.2, 0.25) is 5.91 Å². The molecule has 0 saturated carbocycles. The van der Waals surface area contributed by atoms with Crippen LogP contribution in [-0.2, 0) is 17.9 Å². The molecule has 0 unspecified atom stereocenters. The summed E-state index contributed by atoms with van der Waals surface area (Å²) in [5.41, 5.74) is 4.82. The molecular formula is C21H29IN4O. The first-order valence-electron chi connectivity index (χ1n) is 8.78.